The summed E-state index contributed by atoms with van der Waals surface area (Å²) in [6, 6.07) is 6.17. The SMILES string of the molecule is CC(=O)N1CCc2nc(N3CCC(Oc4cc(C#N)ccc4F)CC3)c(-c3cnn(C)c3)nc2C1. The fourth-order valence-corrected chi connectivity index (χ4v) is 4.58. The van der Waals surface area contributed by atoms with E-state index in [-0.39, 0.29) is 17.8 Å². The Bertz CT molecular complexity index is 1310. The minimum Gasteiger partial charge on any atom is -0.487 e. The Balaban J connectivity index is 1.38. The van der Waals surface area contributed by atoms with Gasteiger partial charge < -0.3 is 14.5 Å². The molecule has 0 aliphatic carbocycles. The summed E-state index contributed by atoms with van der Waals surface area (Å²) in [4.78, 5) is 25.9. The van der Waals surface area contributed by atoms with E-state index in [0.29, 0.717) is 51.0 Å². The summed E-state index contributed by atoms with van der Waals surface area (Å²) in [5.74, 6) is 0.472. The molecule has 4 heterocycles. The van der Waals surface area contributed by atoms with Gasteiger partial charge in [0.25, 0.3) is 0 Å². The van der Waals surface area contributed by atoms with E-state index in [0.717, 1.165) is 28.5 Å². The maximum atomic E-state index is 14.2. The first-order chi connectivity index (χ1) is 16.9. The summed E-state index contributed by atoms with van der Waals surface area (Å²) < 4.78 is 21.8. The second-order valence-corrected chi connectivity index (χ2v) is 8.94. The van der Waals surface area contributed by atoms with Gasteiger partial charge >= 0.3 is 0 Å². The molecule has 5 rings (SSSR count). The number of hydrogen-bond donors (Lipinski definition) is 0. The van der Waals surface area contributed by atoms with Crippen molar-refractivity contribution in [2.75, 3.05) is 24.5 Å². The molecule has 10 heteroatoms. The minimum absolute atomic E-state index is 0.0308. The zero-order valence-corrected chi connectivity index (χ0v) is 19.7. The standard InChI is InChI=1S/C25H26FN7O2/c1-16(34)33-10-7-21-22(15-33)29-24(18-13-28-31(2)14-18)25(30-21)32-8-5-19(6-9-32)35-23-11-17(12-27)3-4-20(23)26/h3-4,11,13-14,19H,5-10,15H2,1-2H3. The molecule has 180 valence electrons. The van der Waals surface area contributed by atoms with Crippen molar-refractivity contribution in [3.8, 4) is 23.1 Å². The lowest BCUT2D eigenvalue weighted by Gasteiger charge is -2.35. The lowest BCUT2D eigenvalue weighted by Crippen LogP contribution is -2.40. The number of carbonyl (C=O) groups excluding carboxylic acids is 1. The van der Waals surface area contributed by atoms with E-state index in [4.69, 9.17) is 20.0 Å². The number of piperidine rings is 1. The lowest BCUT2D eigenvalue weighted by atomic mass is 10.1. The molecule has 1 saturated heterocycles. The van der Waals surface area contributed by atoms with Crippen molar-refractivity contribution in [3.63, 3.8) is 0 Å². The Labute approximate surface area is 202 Å². The molecule has 3 aromatic rings. The Hall–Kier alpha value is -4.00. The number of hydrogen-bond acceptors (Lipinski definition) is 7. The van der Waals surface area contributed by atoms with Crippen LogP contribution in [0, 0.1) is 17.1 Å². The zero-order valence-electron chi connectivity index (χ0n) is 19.7. The molecule has 35 heavy (non-hydrogen) atoms. The molecular formula is C25H26FN7O2. The van der Waals surface area contributed by atoms with Crippen molar-refractivity contribution in [2.45, 2.75) is 38.8 Å². The monoisotopic (exact) mass is 475 g/mol. The Morgan fingerprint density at radius 3 is 2.69 bits per heavy atom. The number of benzene rings is 1. The summed E-state index contributed by atoms with van der Waals surface area (Å²) in [6.07, 6.45) is 5.54. The molecule has 0 bridgehead atoms. The van der Waals surface area contributed by atoms with Gasteiger partial charge in [0, 0.05) is 70.7 Å². The third-order valence-corrected chi connectivity index (χ3v) is 6.51. The highest BCUT2D eigenvalue weighted by Crippen LogP contribution is 2.33. The first-order valence-corrected chi connectivity index (χ1v) is 11.7. The van der Waals surface area contributed by atoms with Gasteiger partial charge in [0.2, 0.25) is 5.91 Å². The minimum atomic E-state index is -0.467. The maximum absolute atomic E-state index is 14.2. The van der Waals surface area contributed by atoms with Gasteiger partial charge in [-0.25, -0.2) is 14.4 Å². The van der Waals surface area contributed by atoms with Gasteiger partial charge in [0.15, 0.2) is 17.4 Å². The molecule has 0 unspecified atom stereocenters. The van der Waals surface area contributed by atoms with E-state index in [1.54, 1.807) is 22.7 Å². The normalized spacial score (nSPS) is 16.1. The van der Waals surface area contributed by atoms with Crippen molar-refractivity contribution in [1.29, 1.82) is 5.26 Å². The fourth-order valence-electron chi connectivity index (χ4n) is 4.58. The van der Waals surface area contributed by atoms with Crippen molar-refractivity contribution in [2.24, 2.45) is 7.05 Å². The second kappa shape index (κ2) is 9.33. The predicted octanol–water partition coefficient (Wildman–Crippen LogP) is 2.84. The van der Waals surface area contributed by atoms with E-state index in [2.05, 4.69) is 10.00 Å². The molecular weight excluding hydrogens is 449 g/mol. The molecule has 0 N–H and O–H groups in total. The van der Waals surface area contributed by atoms with Crippen LogP contribution in [0.15, 0.2) is 30.6 Å². The van der Waals surface area contributed by atoms with E-state index in [1.165, 1.54) is 18.2 Å². The number of ether oxygens (including phenoxy) is 1. The molecule has 2 aliphatic heterocycles. The van der Waals surface area contributed by atoms with E-state index in [9.17, 15) is 9.18 Å². The summed E-state index contributed by atoms with van der Waals surface area (Å²) in [5.41, 5.74) is 3.72. The van der Waals surface area contributed by atoms with E-state index >= 15 is 0 Å². The Morgan fingerprint density at radius 1 is 1.20 bits per heavy atom. The van der Waals surface area contributed by atoms with Crippen LogP contribution in [0.5, 0.6) is 5.75 Å². The van der Waals surface area contributed by atoms with Crippen molar-refractivity contribution in [3.05, 3.63) is 53.4 Å². The molecule has 1 aromatic carbocycles. The van der Waals surface area contributed by atoms with Crippen LogP contribution in [-0.2, 0) is 24.8 Å². The van der Waals surface area contributed by atoms with Crippen molar-refractivity contribution in [1.82, 2.24) is 24.6 Å². The second-order valence-electron chi connectivity index (χ2n) is 8.94. The number of halogens is 1. The number of carbonyl (C=O) groups is 1. The number of aromatic nitrogens is 4. The first kappa shape index (κ1) is 22.8. The molecule has 1 amide bonds. The van der Waals surface area contributed by atoms with Crippen LogP contribution in [-0.4, -0.2) is 56.3 Å². The fraction of sp³-hybridized carbons (Fsp3) is 0.400. The van der Waals surface area contributed by atoms with Crippen LogP contribution in [0.4, 0.5) is 10.2 Å². The van der Waals surface area contributed by atoms with Gasteiger partial charge in [-0.2, -0.15) is 10.4 Å². The quantitative estimate of drug-likeness (QED) is 0.572. The molecule has 2 aromatic heterocycles. The van der Waals surface area contributed by atoms with Crippen LogP contribution < -0.4 is 9.64 Å². The highest BCUT2D eigenvalue weighted by molar-refractivity contribution is 5.74. The van der Waals surface area contributed by atoms with Crippen molar-refractivity contribution >= 4 is 11.7 Å². The highest BCUT2D eigenvalue weighted by atomic mass is 19.1. The van der Waals surface area contributed by atoms with Crippen LogP contribution in [0.3, 0.4) is 0 Å². The summed E-state index contributed by atoms with van der Waals surface area (Å²) in [7, 11) is 1.86. The number of amides is 1. The van der Waals surface area contributed by atoms with Crippen LogP contribution >= 0.6 is 0 Å². The van der Waals surface area contributed by atoms with Gasteiger partial charge in [-0.1, -0.05) is 0 Å². The average molecular weight is 476 g/mol. The van der Waals surface area contributed by atoms with Gasteiger partial charge in [-0.3, -0.25) is 9.48 Å². The summed E-state index contributed by atoms with van der Waals surface area (Å²) in [6.45, 7) is 4.00. The largest absolute Gasteiger partial charge is 0.487 e. The van der Waals surface area contributed by atoms with Crippen LogP contribution in [0.2, 0.25) is 0 Å². The van der Waals surface area contributed by atoms with Crippen molar-refractivity contribution < 1.29 is 13.9 Å². The Morgan fingerprint density at radius 2 is 2.00 bits per heavy atom. The van der Waals surface area contributed by atoms with E-state index < -0.39 is 5.82 Å². The molecule has 9 nitrogen and oxygen atoms in total. The first-order valence-electron chi connectivity index (χ1n) is 11.7. The number of rotatable bonds is 4. The smallest absolute Gasteiger partial charge is 0.219 e. The number of anilines is 1. The third-order valence-electron chi connectivity index (χ3n) is 6.51. The topological polar surface area (TPSA) is 100 Å². The van der Waals surface area contributed by atoms with Gasteiger partial charge in [0.05, 0.1) is 35.8 Å². The number of aryl methyl sites for hydroxylation is 1. The molecule has 2 aliphatic rings. The number of fused-ring (bicyclic) bond motifs is 1. The molecule has 0 spiro atoms. The predicted molar refractivity (Wildman–Crippen MR) is 126 cm³/mol. The molecule has 0 radical (unpaired) electrons. The summed E-state index contributed by atoms with van der Waals surface area (Å²) in [5, 5.41) is 13.4. The van der Waals surface area contributed by atoms with E-state index in [1.807, 2.05) is 19.3 Å². The van der Waals surface area contributed by atoms with Gasteiger partial charge in [-0.05, 0) is 12.1 Å². The number of nitrogens with zero attached hydrogens (tertiary/aromatic N) is 7. The molecule has 0 saturated carbocycles. The highest BCUT2D eigenvalue weighted by Gasteiger charge is 2.29. The maximum Gasteiger partial charge on any atom is 0.219 e. The molecule has 1 fully saturated rings. The van der Waals surface area contributed by atoms with Gasteiger partial charge in [0.1, 0.15) is 11.8 Å². The third kappa shape index (κ3) is 4.67. The van der Waals surface area contributed by atoms with Gasteiger partial charge in [-0.15, -0.1) is 0 Å². The number of nitriles is 1. The van der Waals surface area contributed by atoms with Crippen LogP contribution in [0.25, 0.3) is 11.3 Å². The zero-order chi connectivity index (χ0) is 24.5. The summed E-state index contributed by atoms with van der Waals surface area (Å²) >= 11 is 0. The molecule has 0 atom stereocenters. The van der Waals surface area contributed by atoms with Crippen LogP contribution in [0.1, 0.15) is 36.7 Å². The lowest BCUT2D eigenvalue weighted by molar-refractivity contribution is -0.129. The Kier molecular flexibility index (Phi) is 6.07. The average Bonchev–Trinajstić information content (AvgIpc) is 3.30.